The van der Waals surface area contributed by atoms with Gasteiger partial charge in [-0.1, -0.05) is 0 Å². The van der Waals surface area contributed by atoms with Crippen LogP contribution in [0.25, 0.3) is 10.2 Å². The number of carbonyl (C=O) groups excluding carboxylic acids is 1. The molecule has 0 aliphatic rings. The van der Waals surface area contributed by atoms with Crippen molar-refractivity contribution in [1.29, 1.82) is 0 Å². The van der Waals surface area contributed by atoms with E-state index in [0.717, 1.165) is 21.6 Å². The quantitative estimate of drug-likeness (QED) is 0.619. The van der Waals surface area contributed by atoms with Crippen molar-refractivity contribution in [3.8, 4) is 11.5 Å². The lowest BCUT2D eigenvalue weighted by Crippen LogP contribution is -2.33. The van der Waals surface area contributed by atoms with Crippen LogP contribution in [0.4, 0.5) is 0 Å². The standard InChI is InChI=1S/C21H25N3O4S/c1-12-7-16(27-5)17(28-6)8-15(12)9-23(4)18(25)10-24-11-22-20-19(21(24)26)13(2)14(3)29-20/h7-8,11H,9-10H2,1-6H3. The molecule has 0 spiro atoms. The van der Waals surface area contributed by atoms with Crippen LogP contribution in [0.5, 0.6) is 11.5 Å². The first-order valence-electron chi connectivity index (χ1n) is 9.17. The third-order valence-corrected chi connectivity index (χ3v) is 6.25. The van der Waals surface area contributed by atoms with E-state index in [-0.39, 0.29) is 18.0 Å². The fourth-order valence-electron chi connectivity index (χ4n) is 3.19. The van der Waals surface area contributed by atoms with Gasteiger partial charge >= 0.3 is 0 Å². The predicted octanol–water partition coefficient (Wildman–Crippen LogP) is 3.06. The van der Waals surface area contributed by atoms with Crippen LogP contribution in [0.3, 0.4) is 0 Å². The van der Waals surface area contributed by atoms with Crippen LogP contribution in [-0.4, -0.2) is 41.6 Å². The van der Waals surface area contributed by atoms with Gasteiger partial charge in [0.2, 0.25) is 5.91 Å². The van der Waals surface area contributed by atoms with Crippen molar-refractivity contribution >= 4 is 27.5 Å². The number of amides is 1. The molecule has 1 amide bonds. The summed E-state index contributed by atoms with van der Waals surface area (Å²) in [6, 6.07) is 3.76. The van der Waals surface area contributed by atoms with Gasteiger partial charge in [-0.15, -0.1) is 11.3 Å². The molecule has 2 aromatic heterocycles. The Hall–Kier alpha value is -2.87. The molecule has 3 rings (SSSR count). The second kappa shape index (κ2) is 8.24. The molecule has 29 heavy (non-hydrogen) atoms. The largest absolute Gasteiger partial charge is 0.493 e. The molecule has 7 nitrogen and oxygen atoms in total. The van der Waals surface area contributed by atoms with Gasteiger partial charge in [-0.3, -0.25) is 14.2 Å². The van der Waals surface area contributed by atoms with Gasteiger partial charge in [-0.25, -0.2) is 4.98 Å². The number of carbonyl (C=O) groups is 1. The molecule has 0 aliphatic carbocycles. The summed E-state index contributed by atoms with van der Waals surface area (Å²) in [5, 5.41) is 0.598. The molecule has 8 heteroatoms. The van der Waals surface area contributed by atoms with Crippen molar-refractivity contribution in [2.45, 2.75) is 33.9 Å². The Morgan fingerprint density at radius 2 is 1.83 bits per heavy atom. The van der Waals surface area contributed by atoms with Crippen molar-refractivity contribution < 1.29 is 14.3 Å². The molecular formula is C21H25N3O4S. The van der Waals surface area contributed by atoms with Crippen molar-refractivity contribution in [3.63, 3.8) is 0 Å². The van der Waals surface area contributed by atoms with Crippen LogP contribution in [0.1, 0.15) is 21.6 Å². The van der Waals surface area contributed by atoms with Gasteiger partial charge in [-0.2, -0.15) is 0 Å². The summed E-state index contributed by atoms with van der Waals surface area (Å²) in [4.78, 5) is 33.3. The number of aryl methyl sites for hydroxylation is 3. The monoisotopic (exact) mass is 415 g/mol. The van der Waals surface area contributed by atoms with E-state index in [1.54, 1.807) is 26.2 Å². The van der Waals surface area contributed by atoms with Gasteiger partial charge in [0.1, 0.15) is 11.4 Å². The summed E-state index contributed by atoms with van der Waals surface area (Å²) in [6.45, 7) is 6.18. The first kappa shape index (κ1) is 20.9. The average molecular weight is 416 g/mol. The zero-order valence-corrected chi connectivity index (χ0v) is 18.3. The number of benzene rings is 1. The summed E-state index contributed by atoms with van der Waals surface area (Å²) in [5.41, 5.74) is 2.69. The summed E-state index contributed by atoms with van der Waals surface area (Å²) in [5.74, 6) is 1.09. The van der Waals surface area contributed by atoms with E-state index in [1.165, 1.54) is 22.2 Å². The summed E-state index contributed by atoms with van der Waals surface area (Å²) in [7, 11) is 4.89. The van der Waals surface area contributed by atoms with E-state index in [1.807, 2.05) is 32.9 Å². The average Bonchev–Trinajstić information content (AvgIpc) is 2.99. The fraction of sp³-hybridized carbons (Fsp3) is 0.381. The molecule has 154 valence electrons. The highest BCUT2D eigenvalue weighted by atomic mass is 32.1. The molecule has 0 fully saturated rings. The number of thiophene rings is 1. The van der Waals surface area contributed by atoms with E-state index in [2.05, 4.69) is 4.98 Å². The lowest BCUT2D eigenvalue weighted by Gasteiger charge is -2.20. The Labute approximate surface area is 173 Å². The maximum absolute atomic E-state index is 12.8. The lowest BCUT2D eigenvalue weighted by atomic mass is 10.1. The summed E-state index contributed by atoms with van der Waals surface area (Å²) in [6.07, 6.45) is 1.45. The number of methoxy groups -OCH3 is 2. The number of fused-ring (bicyclic) bond motifs is 1. The molecule has 0 bridgehead atoms. The highest BCUT2D eigenvalue weighted by Gasteiger charge is 2.17. The van der Waals surface area contributed by atoms with Crippen molar-refractivity contribution in [3.05, 3.63) is 50.4 Å². The minimum atomic E-state index is -0.180. The molecule has 0 N–H and O–H groups in total. The predicted molar refractivity (Wildman–Crippen MR) is 114 cm³/mol. The second-order valence-electron chi connectivity index (χ2n) is 7.02. The topological polar surface area (TPSA) is 73.7 Å². The highest BCUT2D eigenvalue weighted by Crippen LogP contribution is 2.30. The maximum atomic E-state index is 12.8. The molecule has 0 atom stereocenters. The molecule has 0 saturated carbocycles. The van der Waals surface area contributed by atoms with Crippen LogP contribution in [0.15, 0.2) is 23.3 Å². The number of nitrogens with zero attached hydrogens (tertiary/aromatic N) is 3. The van der Waals surface area contributed by atoms with Crippen LogP contribution < -0.4 is 15.0 Å². The Morgan fingerprint density at radius 3 is 2.48 bits per heavy atom. The second-order valence-corrected chi connectivity index (χ2v) is 8.23. The Kier molecular flexibility index (Phi) is 5.93. The fourth-order valence-corrected chi connectivity index (χ4v) is 4.17. The van der Waals surface area contributed by atoms with Crippen LogP contribution in [-0.2, 0) is 17.9 Å². The number of hydrogen-bond acceptors (Lipinski definition) is 6. The number of likely N-dealkylation sites (N-methyl/N-ethyl adjacent to an activating group) is 1. The number of rotatable bonds is 6. The minimum absolute atomic E-state index is 0.0566. The molecular weight excluding hydrogens is 390 g/mol. The zero-order chi connectivity index (χ0) is 21.3. The number of ether oxygens (including phenoxy) is 2. The molecule has 0 unspecified atom stereocenters. The number of hydrogen-bond donors (Lipinski definition) is 0. The van der Waals surface area contributed by atoms with Gasteiger partial charge < -0.3 is 14.4 Å². The normalized spacial score (nSPS) is 11.0. The Bertz CT molecular complexity index is 1130. The zero-order valence-electron chi connectivity index (χ0n) is 17.5. The summed E-state index contributed by atoms with van der Waals surface area (Å²) >= 11 is 1.49. The molecule has 0 saturated heterocycles. The van der Waals surface area contributed by atoms with Gasteiger partial charge in [0, 0.05) is 18.5 Å². The van der Waals surface area contributed by atoms with Gasteiger partial charge in [0.05, 0.1) is 25.9 Å². The number of aromatic nitrogens is 2. The minimum Gasteiger partial charge on any atom is -0.493 e. The smallest absolute Gasteiger partial charge is 0.262 e. The Balaban J connectivity index is 1.81. The molecule has 2 heterocycles. The highest BCUT2D eigenvalue weighted by molar-refractivity contribution is 7.18. The first-order chi connectivity index (χ1) is 13.8. The maximum Gasteiger partial charge on any atom is 0.262 e. The van der Waals surface area contributed by atoms with Crippen LogP contribution >= 0.6 is 11.3 Å². The third kappa shape index (κ3) is 3.98. The van der Waals surface area contributed by atoms with Crippen LogP contribution in [0.2, 0.25) is 0 Å². The van der Waals surface area contributed by atoms with Gasteiger partial charge in [0.25, 0.3) is 5.56 Å². The SMILES string of the molecule is COc1cc(C)c(CN(C)C(=O)Cn2cnc3sc(C)c(C)c3c2=O)cc1OC. The molecule has 1 aromatic carbocycles. The van der Waals surface area contributed by atoms with E-state index in [4.69, 9.17) is 9.47 Å². The molecule has 3 aromatic rings. The molecule has 0 aliphatic heterocycles. The first-order valence-corrected chi connectivity index (χ1v) is 9.99. The molecule has 0 radical (unpaired) electrons. The van der Waals surface area contributed by atoms with E-state index in [0.29, 0.717) is 28.3 Å². The lowest BCUT2D eigenvalue weighted by molar-refractivity contribution is -0.131. The van der Waals surface area contributed by atoms with Crippen molar-refractivity contribution in [1.82, 2.24) is 14.5 Å². The third-order valence-electron chi connectivity index (χ3n) is 5.14. The Morgan fingerprint density at radius 1 is 1.17 bits per heavy atom. The summed E-state index contributed by atoms with van der Waals surface area (Å²) < 4.78 is 12.0. The van der Waals surface area contributed by atoms with E-state index >= 15 is 0 Å². The van der Waals surface area contributed by atoms with Crippen molar-refractivity contribution in [2.75, 3.05) is 21.3 Å². The van der Waals surface area contributed by atoms with E-state index in [9.17, 15) is 9.59 Å². The van der Waals surface area contributed by atoms with Crippen LogP contribution in [0, 0.1) is 20.8 Å². The van der Waals surface area contributed by atoms with Gasteiger partial charge in [-0.05, 0) is 49.6 Å². The van der Waals surface area contributed by atoms with Crippen molar-refractivity contribution in [2.24, 2.45) is 0 Å². The van der Waals surface area contributed by atoms with Gasteiger partial charge in [0.15, 0.2) is 11.5 Å². The van der Waals surface area contributed by atoms with E-state index < -0.39 is 0 Å².